The standard InChI is InChI=1S/C15H11N3O/c1-2-9-18(10-7-16)15(19)13-5-6-14-12(11-13)4-3-8-17-14/h1,3-6,8,11H,9-10H2. The van der Waals surface area contributed by atoms with Crippen LogP contribution in [0.25, 0.3) is 10.9 Å². The third-order valence-electron chi connectivity index (χ3n) is 2.68. The number of terminal acetylenes is 1. The van der Waals surface area contributed by atoms with Gasteiger partial charge in [-0.1, -0.05) is 12.0 Å². The molecule has 19 heavy (non-hydrogen) atoms. The van der Waals surface area contributed by atoms with Gasteiger partial charge in [0.05, 0.1) is 18.1 Å². The Morgan fingerprint density at radius 2 is 2.21 bits per heavy atom. The van der Waals surface area contributed by atoms with E-state index >= 15 is 0 Å². The monoisotopic (exact) mass is 249 g/mol. The highest BCUT2D eigenvalue weighted by Crippen LogP contribution is 2.14. The summed E-state index contributed by atoms with van der Waals surface area (Å²) in [6, 6.07) is 10.9. The summed E-state index contributed by atoms with van der Waals surface area (Å²) in [5.74, 6) is 2.14. The van der Waals surface area contributed by atoms with Crippen molar-refractivity contribution in [2.45, 2.75) is 0 Å². The number of pyridine rings is 1. The van der Waals surface area contributed by atoms with Gasteiger partial charge in [0.25, 0.3) is 5.91 Å². The summed E-state index contributed by atoms with van der Waals surface area (Å²) in [4.78, 5) is 17.7. The summed E-state index contributed by atoms with van der Waals surface area (Å²) < 4.78 is 0. The van der Waals surface area contributed by atoms with Crippen LogP contribution in [0.3, 0.4) is 0 Å². The van der Waals surface area contributed by atoms with Crippen LogP contribution < -0.4 is 0 Å². The molecule has 92 valence electrons. The average molecular weight is 249 g/mol. The van der Waals surface area contributed by atoms with Crippen molar-refractivity contribution in [1.82, 2.24) is 9.88 Å². The molecule has 1 amide bonds. The van der Waals surface area contributed by atoms with Crippen molar-refractivity contribution in [2.24, 2.45) is 0 Å². The Morgan fingerprint density at radius 1 is 1.37 bits per heavy atom. The number of nitriles is 1. The molecular formula is C15H11N3O. The first-order valence-electron chi connectivity index (χ1n) is 5.70. The SMILES string of the molecule is C#CCN(CC#N)C(=O)c1ccc2ncccc2c1. The van der Waals surface area contributed by atoms with Gasteiger partial charge in [0, 0.05) is 17.1 Å². The van der Waals surface area contributed by atoms with E-state index in [0.29, 0.717) is 5.56 Å². The summed E-state index contributed by atoms with van der Waals surface area (Å²) >= 11 is 0. The van der Waals surface area contributed by atoms with Crippen molar-refractivity contribution in [3.63, 3.8) is 0 Å². The second-order valence-electron chi connectivity index (χ2n) is 3.93. The van der Waals surface area contributed by atoms with Crippen LogP contribution in [-0.4, -0.2) is 28.9 Å². The fraction of sp³-hybridized carbons (Fsp3) is 0.133. The van der Waals surface area contributed by atoms with Crippen LogP contribution in [0.4, 0.5) is 0 Å². The summed E-state index contributed by atoms with van der Waals surface area (Å²) in [5, 5.41) is 9.59. The van der Waals surface area contributed by atoms with Crippen molar-refractivity contribution in [2.75, 3.05) is 13.1 Å². The first-order chi connectivity index (χ1) is 9.26. The van der Waals surface area contributed by atoms with E-state index in [1.807, 2.05) is 18.2 Å². The van der Waals surface area contributed by atoms with E-state index in [1.165, 1.54) is 4.90 Å². The highest BCUT2D eigenvalue weighted by molar-refractivity contribution is 5.98. The van der Waals surface area contributed by atoms with Gasteiger partial charge in [-0.25, -0.2) is 0 Å². The summed E-state index contributed by atoms with van der Waals surface area (Å²) in [7, 11) is 0. The van der Waals surface area contributed by atoms with Gasteiger partial charge in [-0.2, -0.15) is 5.26 Å². The van der Waals surface area contributed by atoms with Crippen LogP contribution in [0, 0.1) is 23.7 Å². The number of hydrogen-bond donors (Lipinski definition) is 0. The van der Waals surface area contributed by atoms with Crippen LogP contribution in [0.1, 0.15) is 10.4 Å². The zero-order valence-electron chi connectivity index (χ0n) is 10.2. The predicted molar refractivity (Wildman–Crippen MR) is 72.1 cm³/mol. The number of fused-ring (bicyclic) bond motifs is 1. The first-order valence-corrected chi connectivity index (χ1v) is 5.70. The lowest BCUT2D eigenvalue weighted by Gasteiger charge is -2.16. The minimum Gasteiger partial charge on any atom is -0.314 e. The Labute approximate surface area is 111 Å². The molecule has 1 aromatic heterocycles. The quantitative estimate of drug-likeness (QED) is 0.616. The smallest absolute Gasteiger partial charge is 0.255 e. The largest absolute Gasteiger partial charge is 0.314 e. The highest BCUT2D eigenvalue weighted by Gasteiger charge is 2.14. The molecule has 0 atom stereocenters. The maximum absolute atomic E-state index is 12.2. The van der Waals surface area contributed by atoms with Crippen molar-refractivity contribution in [1.29, 1.82) is 5.26 Å². The molecule has 4 heteroatoms. The molecule has 0 aliphatic heterocycles. The van der Waals surface area contributed by atoms with Crippen molar-refractivity contribution in [3.8, 4) is 18.4 Å². The number of benzene rings is 1. The van der Waals surface area contributed by atoms with Crippen LogP contribution in [-0.2, 0) is 0 Å². The van der Waals surface area contributed by atoms with Crippen LogP contribution >= 0.6 is 0 Å². The van der Waals surface area contributed by atoms with Gasteiger partial charge in [-0.15, -0.1) is 6.42 Å². The highest BCUT2D eigenvalue weighted by atomic mass is 16.2. The number of carbonyl (C=O) groups excluding carboxylic acids is 1. The molecule has 0 aliphatic carbocycles. The zero-order chi connectivity index (χ0) is 13.7. The Kier molecular flexibility index (Phi) is 3.75. The minimum atomic E-state index is -0.245. The van der Waals surface area contributed by atoms with E-state index < -0.39 is 0 Å². The average Bonchev–Trinajstić information content (AvgIpc) is 2.46. The number of hydrogen-bond acceptors (Lipinski definition) is 3. The van der Waals surface area contributed by atoms with Gasteiger partial charge < -0.3 is 4.90 Å². The Balaban J connectivity index is 2.35. The minimum absolute atomic E-state index is 0.0197. The molecule has 0 aliphatic rings. The number of rotatable bonds is 3. The third-order valence-corrected chi connectivity index (χ3v) is 2.68. The molecule has 0 fully saturated rings. The molecule has 0 saturated carbocycles. The lowest BCUT2D eigenvalue weighted by Crippen LogP contribution is -2.31. The molecule has 0 radical (unpaired) electrons. The fourth-order valence-electron chi connectivity index (χ4n) is 1.79. The molecule has 0 spiro atoms. The lowest BCUT2D eigenvalue weighted by atomic mass is 10.1. The van der Waals surface area contributed by atoms with Crippen LogP contribution in [0.15, 0.2) is 36.5 Å². The Morgan fingerprint density at radius 3 is 2.95 bits per heavy atom. The second kappa shape index (κ2) is 5.66. The van der Waals surface area contributed by atoms with Gasteiger partial charge in [-0.05, 0) is 24.3 Å². The fourth-order valence-corrected chi connectivity index (χ4v) is 1.79. The van der Waals surface area contributed by atoms with Crippen molar-refractivity contribution >= 4 is 16.8 Å². The van der Waals surface area contributed by atoms with Gasteiger partial charge >= 0.3 is 0 Å². The number of nitrogens with zero attached hydrogens (tertiary/aromatic N) is 3. The van der Waals surface area contributed by atoms with Gasteiger partial charge in [0.1, 0.15) is 6.54 Å². The van der Waals surface area contributed by atoms with Crippen LogP contribution in [0.5, 0.6) is 0 Å². The lowest BCUT2D eigenvalue weighted by molar-refractivity contribution is 0.0795. The first kappa shape index (κ1) is 12.6. The van der Waals surface area contributed by atoms with Gasteiger partial charge in [-0.3, -0.25) is 9.78 Å². The molecule has 0 unspecified atom stereocenters. The third kappa shape index (κ3) is 2.70. The summed E-state index contributed by atoms with van der Waals surface area (Å²) in [5.41, 5.74) is 1.33. The molecule has 1 aromatic carbocycles. The summed E-state index contributed by atoms with van der Waals surface area (Å²) in [6.45, 7) is 0.103. The molecule has 2 rings (SSSR count). The maximum atomic E-state index is 12.2. The molecule has 2 aromatic rings. The number of aromatic nitrogens is 1. The molecule has 1 heterocycles. The van der Waals surface area contributed by atoms with Crippen molar-refractivity contribution in [3.05, 3.63) is 42.1 Å². The molecule has 0 bridgehead atoms. The van der Waals surface area contributed by atoms with E-state index in [2.05, 4.69) is 10.9 Å². The van der Waals surface area contributed by atoms with E-state index in [0.717, 1.165) is 10.9 Å². The topological polar surface area (TPSA) is 57.0 Å². The number of amides is 1. The van der Waals surface area contributed by atoms with Crippen LogP contribution in [0.2, 0.25) is 0 Å². The Bertz CT molecular complexity index is 678. The summed E-state index contributed by atoms with van der Waals surface area (Å²) in [6.07, 6.45) is 6.90. The molecule has 0 N–H and O–H groups in total. The van der Waals surface area contributed by atoms with E-state index in [4.69, 9.17) is 11.7 Å². The van der Waals surface area contributed by atoms with Gasteiger partial charge in [0.15, 0.2) is 0 Å². The second-order valence-corrected chi connectivity index (χ2v) is 3.93. The van der Waals surface area contributed by atoms with E-state index in [-0.39, 0.29) is 19.0 Å². The van der Waals surface area contributed by atoms with E-state index in [9.17, 15) is 4.79 Å². The van der Waals surface area contributed by atoms with Gasteiger partial charge in [0.2, 0.25) is 0 Å². The van der Waals surface area contributed by atoms with E-state index in [1.54, 1.807) is 24.4 Å². The predicted octanol–water partition coefficient (Wildman–Crippen LogP) is 1.83. The zero-order valence-corrected chi connectivity index (χ0v) is 10.2. The molecule has 0 saturated heterocycles. The Hall–Kier alpha value is -2.85. The maximum Gasteiger partial charge on any atom is 0.255 e. The van der Waals surface area contributed by atoms with Crippen molar-refractivity contribution < 1.29 is 4.79 Å². The molecule has 4 nitrogen and oxygen atoms in total. The normalized spacial score (nSPS) is 9.58. The number of carbonyl (C=O) groups is 1. The molecular weight excluding hydrogens is 238 g/mol.